The van der Waals surface area contributed by atoms with Crippen LogP contribution in [0.4, 0.5) is 0 Å². The van der Waals surface area contributed by atoms with E-state index in [2.05, 4.69) is 0 Å². The Balaban J connectivity index is 1.38. The third kappa shape index (κ3) is 8.62. The Morgan fingerprint density at radius 3 is 1.86 bits per heavy atom. The van der Waals surface area contributed by atoms with Gasteiger partial charge < -0.3 is 33.6 Å². The van der Waals surface area contributed by atoms with E-state index < -0.39 is 11.4 Å². The van der Waals surface area contributed by atoms with Crippen LogP contribution in [0.2, 0.25) is 0 Å². The van der Waals surface area contributed by atoms with Crippen LogP contribution in [0.15, 0.2) is 131 Å². The van der Waals surface area contributed by atoms with E-state index in [1.54, 1.807) is 24.3 Å². The highest BCUT2D eigenvalue weighted by molar-refractivity contribution is 5.88. The number of fused-ring (bicyclic) bond motifs is 1. The Kier molecular flexibility index (Phi) is 10.9. The number of aliphatic carboxylic acids is 1. The third-order valence-electron chi connectivity index (χ3n) is 7.87. The highest BCUT2D eigenvalue weighted by Crippen LogP contribution is 2.40. The van der Waals surface area contributed by atoms with Gasteiger partial charge in [-0.05, 0) is 47.7 Å². The molecule has 0 saturated carbocycles. The van der Waals surface area contributed by atoms with E-state index in [4.69, 9.17) is 28.5 Å². The van der Waals surface area contributed by atoms with Gasteiger partial charge in [0, 0.05) is 24.1 Å². The Morgan fingerprint density at radius 1 is 0.640 bits per heavy atom. The number of carboxylic acid groups (broad SMARTS) is 1. The van der Waals surface area contributed by atoms with Gasteiger partial charge in [-0.2, -0.15) is 0 Å². The molecule has 0 saturated heterocycles. The number of rotatable bonds is 16. The van der Waals surface area contributed by atoms with E-state index in [1.807, 2.05) is 91.0 Å². The smallest absolute Gasteiger partial charge is 0.303 e. The van der Waals surface area contributed by atoms with Crippen LogP contribution >= 0.6 is 0 Å². The number of phenols is 1. The summed E-state index contributed by atoms with van der Waals surface area (Å²) in [4.78, 5) is 25.1. The highest BCUT2D eigenvalue weighted by atomic mass is 16.5. The van der Waals surface area contributed by atoms with E-state index in [1.165, 1.54) is 6.07 Å². The number of ether oxygens (including phenoxy) is 4. The maximum atomic E-state index is 14.1. The molecule has 0 unspecified atom stereocenters. The maximum Gasteiger partial charge on any atom is 0.303 e. The number of aromatic hydroxyl groups is 1. The van der Waals surface area contributed by atoms with Crippen LogP contribution in [0.1, 0.15) is 36.0 Å². The van der Waals surface area contributed by atoms with Gasteiger partial charge in [-0.1, -0.05) is 91.0 Å². The SMILES string of the molecule is O=C(O)CCCCOc1cc(-c2oc3cc(OCc4ccccc4)cc(O)c3c(=O)c2OCc2ccccc2)ccc1OCc1ccccc1. The van der Waals surface area contributed by atoms with Crippen LogP contribution in [-0.2, 0) is 24.6 Å². The van der Waals surface area contributed by atoms with Crippen molar-refractivity contribution in [3.8, 4) is 40.1 Å². The molecule has 0 radical (unpaired) electrons. The lowest BCUT2D eigenvalue weighted by atomic mass is 10.1. The molecule has 6 aromatic rings. The fraction of sp³-hybridized carbons (Fsp3) is 0.171. The zero-order valence-electron chi connectivity index (χ0n) is 27.2. The van der Waals surface area contributed by atoms with Gasteiger partial charge in [0.25, 0.3) is 0 Å². The summed E-state index contributed by atoms with van der Waals surface area (Å²) < 4.78 is 30.8. The number of benzene rings is 5. The van der Waals surface area contributed by atoms with Crippen molar-refractivity contribution < 1.29 is 38.4 Å². The molecule has 9 heteroatoms. The molecule has 9 nitrogen and oxygen atoms in total. The molecule has 0 bridgehead atoms. The number of phenolic OH excluding ortho intramolecular Hbond substituents is 1. The number of unbranched alkanes of at least 4 members (excludes halogenated alkanes) is 1. The predicted molar refractivity (Wildman–Crippen MR) is 189 cm³/mol. The fourth-order valence-electron chi connectivity index (χ4n) is 5.31. The molecule has 254 valence electrons. The summed E-state index contributed by atoms with van der Waals surface area (Å²) in [6.45, 7) is 0.859. The first-order chi connectivity index (χ1) is 24.4. The van der Waals surface area contributed by atoms with E-state index in [0.29, 0.717) is 35.7 Å². The molecule has 1 aromatic heterocycles. The molecule has 0 aliphatic rings. The van der Waals surface area contributed by atoms with Crippen molar-refractivity contribution in [3.63, 3.8) is 0 Å². The monoisotopic (exact) mass is 672 g/mol. The minimum absolute atomic E-state index is 0.0367. The largest absolute Gasteiger partial charge is 0.507 e. The minimum Gasteiger partial charge on any atom is -0.507 e. The number of hydrogen-bond acceptors (Lipinski definition) is 8. The van der Waals surface area contributed by atoms with Crippen LogP contribution in [-0.4, -0.2) is 22.8 Å². The topological polar surface area (TPSA) is 125 Å². The molecule has 1 heterocycles. The zero-order valence-corrected chi connectivity index (χ0v) is 27.2. The predicted octanol–water partition coefficient (Wildman–Crippen LogP) is 8.54. The Labute approximate surface area is 288 Å². The normalized spacial score (nSPS) is 10.9. The van der Waals surface area contributed by atoms with Gasteiger partial charge in [0.2, 0.25) is 11.2 Å². The molecular weight excluding hydrogens is 636 g/mol. The lowest BCUT2D eigenvalue weighted by molar-refractivity contribution is -0.137. The second-order valence-corrected chi connectivity index (χ2v) is 11.6. The molecule has 0 aliphatic heterocycles. The van der Waals surface area contributed by atoms with Crippen LogP contribution in [0.3, 0.4) is 0 Å². The standard InChI is InChI=1S/C41H36O9/c42-33-23-32(47-25-28-12-4-1-5-13-28)24-36-38(33)39(45)41(49-27-30-16-8-3-9-17-30)40(50-36)31-19-20-34(48-26-29-14-6-2-7-15-29)35(22-31)46-21-11-10-18-37(43)44/h1-9,12-17,19-20,22-24,42H,10-11,18,21,25-27H2,(H,43,44). The molecular formula is C41H36O9. The van der Waals surface area contributed by atoms with Gasteiger partial charge >= 0.3 is 5.97 Å². The summed E-state index contributed by atoms with van der Waals surface area (Å²) in [5.41, 5.74) is 2.76. The first-order valence-corrected chi connectivity index (χ1v) is 16.3. The third-order valence-corrected chi connectivity index (χ3v) is 7.87. The van der Waals surface area contributed by atoms with E-state index in [9.17, 15) is 14.7 Å². The Hall–Kier alpha value is -6.22. The second kappa shape index (κ2) is 16.3. The fourth-order valence-corrected chi connectivity index (χ4v) is 5.31. The highest BCUT2D eigenvalue weighted by Gasteiger charge is 2.23. The van der Waals surface area contributed by atoms with Crippen molar-refractivity contribution in [2.75, 3.05) is 6.61 Å². The zero-order chi connectivity index (χ0) is 34.7. The summed E-state index contributed by atoms with van der Waals surface area (Å²) >= 11 is 0. The molecule has 5 aromatic carbocycles. The summed E-state index contributed by atoms with van der Waals surface area (Å²) in [6.07, 6.45) is 0.996. The van der Waals surface area contributed by atoms with Crippen molar-refractivity contribution in [2.24, 2.45) is 0 Å². The lowest BCUT2D eigenvalue weighted by Crippen LogP contribution is -2.11. The van der Waals surface area contributed by atoms with Gasteiger partial charge in [-0.3, -0.25) is 9.59 Å². The van der Waals surface area contributed by atoms with Crippen LogP contribution in [0.25, 0.3) is 22.3 Å². The molecule has 0 aliphatic carbocycles. The molecule has 50 heavy (non-hydrogen) atoms. The van der Waals surface area contributed by atoms with Crippen LogP contribution < -0.4 is 24.4 Å². The van der Waals surface area contributed by atoms with Crippen molar-refractivity contribution in [3.05, 3.63) is 148 Å². The molecule has 0 amide bonds. The first-order valence-electron chi connectivity index (χ1n) is 16.3. The molecule has 0 fully saturated rings. The number of carbonyl (C=O) groups is 1. The van der Waals surface area contributed by atoms with Crippen molar-refractivity contribution in [2.45, 2.75) is 39.1 Å². The number of hydrogen-bond donors (Lipinski definition) is 2. The summed E-state index contributed by atoms with van der Waals surface area (Å²) in [7, 11) is 0. The minimum atomic E-state index is -0.868. The Morgan fingerprint density at radius 2 is 1.24 bits per heavy atom. The van der Waals surface area contributed by atoms with E-state index in [-0.39, 0.29) is 61.1 Å². The quantitative estimate of drug-likeness (QED) is 0.0974. The van der Waals surface area contributed by atoms with Crippen molar-refractivity contribution >= 4 is 16.9 Å². The average Bonchev–Trinajstić information content (AvgIpc) is 3.13. The molecule has 2 N–H and O–H groups in total. The molecule has 0 atom stereocenters. The maximum absolute atomic E-state index is 14.1. The first kappa shape index (κ1) is 33.7. The van der Waals surface area contributed by atoms with Gasteiger partial charge in [-0.25, -0.2) is 0 Å². The molecule has 6 rings (SSSR count). The Bertz CT molecular complexity index is 2090. The van der Waals surface area contributed by atoms with Crippen LogP contribution in [0, 0.1) is 0 Å². The van der Waals surface area contributed by atoms with Gasteiger partial charge in [0.15, 0.2) is 17.3 Å². The molecule has 0 spiro atoms. The van der Waals surface area contributed by atoms with Gasteiger partial charge in [0.05, 0.1) is 6.61 Å². The summed E-state index contributed by atoms with van der Waals surface area (Å²) in [5, 5.41) is 20.0. The second-order valence-electron chi connectivity index (χ2n) is 11.6. The van der Waals surface area contributed by atoms with Crippen LogP contribution in [0.5, 0.6) is 28.7 Å². The van der Waals surface area contributed by atoms with Crippen molar-refractivity contribution in [1.82, 2.24) is 0 Å². The van der Waals surface area contributed by atoms with Crippen molar-refractivity contribution in [1.29, 1.82) is 0 Å². The lowest BCUT2D eigenvalue weighted by Gasteiger charge is -2.16. The average molecular weight is 673 g/mol. The van der Waals surface area contributed by atoms with Gasteiger partial charge in [0.1, 0.15) is 42.3 Å². The number of carboxylic acids is 1. The van der Waals surface area contributed by atoms with E-state index >= 15 is 0 Å². The van der Waals surface area contributed by atoms with E-state index in [0.717, 1.165) is 16.7 Å². The summed E-state index contributed by atoms with van der Waals surface area (Å²) in [5.74, 6) is 0.0379. The van der Waals surface area contributed by atoms with Gasteiger partial charge in [-0.15, -0.1) is 0 Å². The summed E-state index contributed by atoms with van der Waals surface area (Å²) in [6, 6.07) is 36.8.